The quantitative estimate of drug-likeness (QED) is 0.622. The van der Waals surface area contributed by atoms with Crippen molar-refractivity contribution in [3.05, 3.63) is 54.7 Å². The molecule has 0 aliphatic heterocycles. The fraction of sp³-hybridized carbons (Fsp3) is 0. The van der Waals surface area contributed by atoms with Crippen LogP contribution in [-0.4, -0.2) is 14.8 Å². The van der Waals surface area contributed by atoms with E-state index < -0.39 is 0 Å². The van der Waals surface area contributed by atoms with Crippen molar-refractivity contribution in [2.45, 2.75) is 0 Å². The zero-order valence-electron chi connectivity index (χ0n) is 8.34. The van der Waals surface area contributed by atoms with Crippen LogP contribution in [0.1, 0.15) is 0 Å². The Bertz CT molecular complexity index is 631. The molecule has 2 aromatic heterocycles. The molecule has 0 unspecified atom stereocenters. The minimum absolute atomic E-state index is 0.257. The highest BCUT2D eigenvalue weighted by Crippen LogP contribution is 2.19. The van der Waals surface area contributed by atoms with Gasteiger partial charge < -0.3 is 0 Å². The van der Waals surface area contributed by atoms with E-state index in [0.717, 1.165) is 11.2 Å². The summed E-state index contributed by atoms with van der Waals surface area (Å²) >= 11 is 0. The van der Waals surface area contributed by atoms with Crippen molar-refractivity contribution in [3.8, 4) is 5.69 Å². The molecule has 1 aromatic carbocycles. The number of aromatic nitrogens is 3. The van der Waals surface area contributed by atoms with Crippen LogP contribution in [-0.2, 0) is 0 Å². The Labute approximate surface area is 91.2 Å². The van der Waals surface area contributed by atoms with Crippen molar-refractivity contribution in [3.63, 3.8) is 0 Å². The predicted molar refractivity (Wildman–Crippen MR) is 58.8 cm³/mol. The lowest BCUT2D eigenvalue weighted by Crippen LogP contribution is -1.95. The Balaban J connectivity index is 2.30. The summed E-state index contributed by atoms with van der Waals surface area (Å²) < 4.78 is 15.1. The summed E-state index contributed by atoms with van der Waals surface area (Å²) in [6.45, 7) is 0. The number of hydrogen-bond acceptors (Lipinski definition) is 2. The monoisotopic (exact) mass is 213 g/mol. The van der Waals surface area contributed by atoms with Crippen molar-refractivity contribution >= 4 is 10.9 Å². The molecule has 0 atom stereocenters. The first-order valence-electron chi connectivity index (χ1n) is 4.89. The molecule has 0 saturated carbocycles. The van der Waals surface area contributed by atoms with Crippen LogP contribution in [0.15, 0.2) is 48.9 Å². The molecule has 0 N–H and O–H groups in total. The number of benzene rings is 1. The summed E-state index contributed by atoms with van der Waals surface area (Å²) in [4.78, 5) is 4.02. The van der Waals surface area contributed by atoms with Gasteiger partial charge in [-0.2, -0.15) is 5.10 Å². The van der Waals surface area contributed by atoms with Crippen molar-refractivity contribution < 1.29 is 4.39 Å². The Hall–Kier alpha value is -2.23. The first kappa shape index (κ1) is 9.03. The van der Waals surface area contributed by atoms with Crippen LogP contribution in [0.2, 0.25) is 0 Å². The number of hydrogen-bond donors (Lipinski definition) is 0. The lowest BCUT2D eigenvalue weighted by Gasteiger charge is -2.01. The molecule has 3 nitrogen and oxygen atoms in total. The van der Waals surface area contributed by atoms with Crippen molar-refractivity contribution in [1.82, 2.24) is 14.8 Å². The summed E-state index contributed by atoms with van der Waals surface area (Å²) in [5, 5.41) is 4.68. The van der Waals surface area contributed by atoms with Crippen LogP contribution in [0.4, 0.5) is 4.39 Å². The highest BCUT2D eigenvalue weighted by molar-refractivity contribution is 5.80. The number of pyridine rings is 1. The van der Waals surface area contributed by atoms with E-state index in [9.17, 15) is 4.39 Å². The molecular weight excluding hydrogens is 205 g/mol. The second-order valence-corrected chi connectivity index (χ2v) is 3.44. The van der Waals surface area contributed by atoms with Gasteiger partial charge in [0.2, 0.25) is 0 Å². The molecule has 2 heterocycles. The normalized spacial score (nSPS) is 10.8. The Morgan fingerprint density at radius 2 is 2.00 bits per heavy atom. The van der Waals surface area contributed by atoms with Gasteiger partial charge in [0, 0.05) is 6.20 Å². The lowest BCUT2D eigenvalue weighted by atomic mass is 10.2. The average molecular weight is 213 g/mol. The molecule has 0 aliphatic carbocycles. The van der Waals surface area contributed by atoms with Gasteiger partial charge in [-0.15, -0.1) is 0 Å². The first-order chi connectivity index (χ1) is 7.86. The van der Waals surface area contributed by atoms with Gasteiger partial charge in [0.15, 0.2) is 0 Å². The summed E-state index contributed by atoms with van der Waals surface area (Å²) in [7, 11) is 0. The maximum absolute atomic E-state index is 13.4. The molecule has 3 aromatic rings. The molecule has 3 rings (SSSR count). The molecule has 4 heteroatoms. The third-order valence-electron chi connectivity index (χ3n) is 2.45. The van der Waals surface area contributed by atoms with Gasteiger partial charge in [-0.25, -0.2) is 9.07 Å². The van der Waals surface area contributed by atoms with E-state index in [-0.39, 0.29) is 5.82 Å². The molecule has 0 spiro atoms. The zero-order valence-corrected chi connectivity index (χ0v) is 8.34. The maximum atomic E-state index is 13.4. The van der Waals surface area contributed by atoms with Crippen LogP contribution in [0.5, 0.6) is 0 Å². The van der Waals surface area contributed by atoms with E-state index in [2.05, 4.69) is 10.1 Å². The van der Waals surface area contributed by atoms with Gasteiger partial charge >= 0.3 is 0 Å². The highest BCUT2D eigenvalue weighted by Gasteiger charge is 2.07. The number of halogens is 1. The maximum Gasteiger partial charge on any atom is 0.134 e. The molecular formula is C12H8FN3. The molecule has 16 heavy (non-hydrogen) atoms. The van der Waals surface area contributed by atoms with Gasteiger partial charge in [-0.3, -0.25) is 4.98 Å². The standard InChI is InChI=1S/C12H8FN3/c13-11-4-1-5-12-10(11)8-15-16(12)9-3-2-6-14-7-9/h1-8H. The Morgan fingerprint density at radius 1 is 1.06 bits per heavy atom. The molecule has 78 valence electrons. The lowest BCUT2D eigenvalue weighted by molar-refractivity contribution is 0.640. The second kappa shape index (κ2) is 3.41. The van der Waals surface area contributed by atoms with Gasteiger partial charge in [0.1, 0.15) is 5.82 Å². The minimum atomic E-state index is -0.257. The second-order valence-electron chi connectivity index (χ2n) is 3.44. The third-order valence-corrected chi connectivity index (χ3v) is 2.45. The van der Waals surface area contributed by atoms with Crippen molar-refractivity contribution in [1.29, 1.82) is 0 Å². The van der Waals surface area contributed by atoms with E-state index in [1.165, 1.54) is 12.3 Å². The zero-order chi connectivity index (χ0) is 11.0. The van der Waals surface area contributed by atoms with Crippen LogP contribution in [0.3, 0.4) is 0 Å². The topological polar surface area (TPSA) is 30.7 Å². The van der Waals surface area contributed by atoms with Gasteiger partial charge in [-0.1, -0.05) is 6.07 Å². The number of nitrogens with zero attached hydrogens (tertiary/aromatic N) is 3. The van der Waals surface area contributed by atoms with E-state index in [1.807, 2.05) is 18.2 Å². The van der Waals surface area contributed by atoms with Gasteiger partial charge in [-0.05, 0) is 24.3 Å². The van der Waals surface area contributed by atoms with Crippen LogP contribution in [0, 0.1) is 5.82 Å². The van der Waals surface area contributed by atoms with E-state index in [1.54, 1.807) is 23.1 Å². The Kier molecular flexibility index (Phi) is 1.93. The fourth-order valence-corrected chi connectivity index (χ4v) is 1.70. The van der Waals surface area contributed by atoms with Crippen LogP contribution < -0.4 is 0 Å². The van der Waals surface area contributed by atoms with Gasteiger partial charge in [0.05, 0.1) is 29.0 Å². The fourth-order valence-electron chi connectivity index (χ4n) is 1.70. The van der Waals surface area contributed by atoms with Gasteiger partial charge in [0.25, 0.3) is 0 Å². The molecule has 0 fully saturated rings. The molecule has 0 bridgehead atoms. The smallest absolute Gasteiger partial charge is 0.134 e. The van der Waals surface area contributed by atoms with E-state index in [4.69, 9.17) is 0 Å². The SMILES string of the molecule is Fc1cccc2c1cnn2-c1cccnc1. The average Bonchev–Trinajstić information content (AvgIpc) is 2.75. The number of rotatable bonds is 1. The highest BCUT2D eigenvalue weighted by atomic mass is 19.1. The largest absolute Gasteiger partial charge is 0.262 e. The predicted octanol–water partition coefficient (Wildman–Crippen LogP) is 2.56. The molecule has 0 aliphatic rings. The van der Waals surface area contributed by atoms with E-state index in [0.29, 0.717) is 5.39 Å². The summed E-state index contributed by atoms with van der Waals surface area (Å²) in [6, 6.07) is 8.63. The van der Waals surface area contributed by atoms with E-state index >= 15 is 0 Å². The van der Waals surface area contributed by atoms with Crippen molar-refractivity contribution in [2.75, 3.05) is 0 Å². The first-order valence-corrected chi connectivity index (χ1v) is 4.89. The molecule has 0 radical (unpaired) electrons. The summed E-state index contributed by atoms with van der Waals surface area (Å²) in [6.07, 6.45) is 4.91. The van der Waals surface area contributed by atoms with Crippen molar-refractivity contribution in [2.24, 2.45) is 0 Å². The summed E-state index contributed by atoms with van der Waals surface area (Å²) in [5.74, 6) is -0.257. The molecule has 0 amide bonds. The summed E-state index contributed by atoms with van der Waals surface area (Å²) in [5.41, 5.74) is 1.57. The van der Waals surface area contributed by atoms with Crippen LogP contribution >= 0.6 is 0 Å². The third kappa shape index (κ3) is 1.27. The minimum Gasteiger partial charge on any atom is -0.262 e. The Morgan fingerprint density at radius 3 is 2.81 bits per heavy atom. The van der Waals surface area contributed by atoms with Crippen LogP contribution in [0.25, 0.3) is 16.6 Å². The molecule has 0 saturated heterocycles. The number of fused-ring (bicyclic) bond motifs is 1.